The molecule has 1 aromatic heterocycles. The minimum absolute atomic E-state index is 0.254. The number of likely N-dealkylation sites (N-methyl/N-ethyl adjacent to an activating group) is 1. The second-order valence-corrected chi connectivity index (χ2v) is 5.16. The van der Waals surface area contributed by atoms with Crippen molar-refractivity contribution in [3.05, 3.63) is 42.0 Å². The van der Waals surface area contributed by atoms with Gasteiger partial charge in [0.05, 0.1) is 5.69 Å². The van der Waals surface area contributed by atoms with Crippen LogP contribution in [0.2, 0.25) is 0 Å². The molecule has 0 aliphatic carbocycles. The highest BCUT2D eigenvalue weighted by Crippen LogP contribution is 2.20. The minimum atomic E-state index is -0.254. The fraction of sp³-hybridized carbons (Fsp3) is 0.400. The third kappa shape index (κ3) is 2.89. The molecule has 0 amide bonds. The highest BCUT2D eigenvalue weighted by atomic mass is 19.1. The molecular formula is C15H18FN3O. The van der Waals surface area contributed by atoms with Gasteiger partial charge < -0.3 is 9.73 Å². The molecule has 2 heterocycles. The van der Waals surface area contributed by atoms with Crippen LogP contribution < -0.4 is 5.32 Å². The molecule has 5 heteroatoms. The average Bonchev–Trinajstić information content (AvgIpc) is 3.09. The normalized spacial score (nSPS) is 19.6. The summed E-state index contributed by atoms with van der Waals surface area (Å²) in [6.07, 6.45) is 2.85. The predicted molar refractivity (Wildman–Crippen MR) is 74.6 cm³/mol. The van der Waals surface area contributed by atoms with E-state index in [1.54, 1.807) is 18.4 Å². The van der Waals surface area contributed by atoms with Gasteiger partial charge in [-0.2, -0.15) is 0 Å². The lowest BCUT2D eigenvalue weighted by Crippen LogP contribution is -2.29. The Morgan fingerprint density at radius 2 is 2.20 bits per heavy atom. The predicted octanol–water partition coefficient (Wildman–Crippen LogP) is 2.27. The van der Waals surface area contributed by atoms with E-state index in [0.29, 0.717) is 11.9 Å². The lowest BCUT2D eigenvalue weighted by molar-refractivity contribution is 0.318. The molecule has 0 spiro atoms. The standard InChI is InChI=1S/C15H18FN3O/c1-17-13-6-7-19(8-13)9-14-10-20-15(18-14)11-2-4-12(16)5-3-11/h2-5,10,13,17H,6-9H2,1H3. The molecule has 4 nitrogen and oxygen atoms in total. The van der Waals surface area contributed by atoms with Crippen molar-refractivity contribution in [2.24, 2.45) is 0 Å². The van der Waals surface area contributed by atoms with Crippen LogP contribution >= 0.6 is 0 Å². The zero-order chi connectivity index (χ0) is 13.9. The molecule has 1 N–H and O–H groups in total. The molecule has 1 fully saturated rings. The van der Waals surface area contributed by atoms with Gasteiger partial charge >= 0.3 is 0 Å². The summed E-state index contributed by atoms with van der Waals surface area (Å²) in [6, 6.07) is 6.75. The summed E-state index contributed by atoms with van der Waals surface area (Å²) in [6.45, 7) is 2.91. The van der Waals surface area contributed by atoms with Crippen molar-refractivity contribution in [1.29, 1.82) is 0 Å². The number of nitrogens with one attached hydrogen (secondary N) is 1. The van der Waals surface area contributed by atoms with Crippen molar-refractivity contribution in [2.45, 2.75) is 19.0 Å². The van der Waals surface area contributed by atoms with E-state index >= 15 is 0 Å². The summed E-state index contributed by atoms with van der Waals surface area (Å²) < 4.78 is 18.4. The van der Waals surface area contributed by atoms with Gasteiger partial charge in [-0.25, -0.2) is 9.37 Å². The number of oxazole rings is 1. The number of likely N-dealkylation sites (tertiary alicyclic amines) is 1. The van der Waals surface area contributed by atoms with Gasteiger partial charge in [0.2, 0.25) is 5.89 Å². The summed E-state index contributed by atoms with van der Waals surface area (Å²) >= 11 is 0. The quantitative estimate of drug-likeness (QED) is 0.929. The maximum absolute atomic E-state index is 12.9. The Bertz CT molecular complexity index is 567. The Labute approximate surface area is 117 Å². The largest absolute Gasteiger partial charge is 0.444 e. The number of nitrogens with zero attached hydrogens (tertiary/aromatic N) is 2. The van der Waals surface area contributed by atoms with Crippen molar-refractivity contribution in [1.82, 2.24) is 15.2 Å². The molecular weight excluding hydrogens is 257 g/mol. The zero-order valence-corrected chi connectivity index (χ0v) is 11.5. The van der Waals surface area contributed by atoms with Crippen LogP contribution in [0, 0.1) is 5.82 Å². The third-order valence-electron chi connectivity index (χ3n) is 3.71. The fourth-order valence-electron chi connectivity index (χ4n) is 2.55. The van der Waals surface area contributed by atoms with Gasteiger partial charge in [-0.15, -0.1) is 0 Å². The molecule has 1 aliphatic heterocycles. The summed E-state index contributed by atoms with van der Waals surface area (Å²) in [5.74, 6) is 0.292. The first-order valence-electron chi connectivity index (χ1n) is 6.84. The molecule has 1 saturated heterocycles. The Balaban J connectivity index is 1.66. The summed E-state index contributed by atoms with van der Waals surface area (Å²) in [4.78, 5) is 6.83. The van der Waals surface area contributed by atoms with Gasteiger partial charge in [-0.05, 0) is 37.7 Å². The Hall–Kier alpha value is -1.72. The molecule has 3 rings (SSSR count). The minimum Gasteiger partial charge on any atom is -0.444 e. The molecule has 1 aliphatic rings. The highest BCUT2D eigenvalue weighted by Gasteiger charge is 2.21. The molecule has 106 valence electrons. The second-order valence-electron chi connectivity index (χ2n) is 5.16. The smallest absolute Gasteiger partial charge is 0.226 e. The summed E-state index contributed by atoms with van der Waals surface area (Å²) in [5, 5.41) is 3.29. The van der Waals surface area contributed by atoms with Crippen LogP contribution in [0.15, 0.2) is 34.9 Å². The fourth-order valence-corrected chi connectivity index (χ4v) is 2.55. The van der Waals surface area contributed by atoms with Crippen molar-refractivity contribution >= 4 is 0 Å². The molecule has 2 aromatic rings. The van der Waals surface area contributed by atoms with Gasteiger partial charge in [0.25, 0.3) is 0 Å². The van der Waals surface area contributed by atoms with Crippen LogP contribution in [0.3, 0.4) is 0 Å². The zero-order valence-electron chi connectivity index (χ0n) is 11.5. The Kier molecular flexibility index (Phi) is 3.80. The van der Waals surface area contributed by atoms with Crippen molar-refractivity contribution in [3.8, 4) is 11.5 Å². The van der Waals surface area contributed by atoms with Gasteiger partial charge in [-0.1, -0.05) is 0 Å². The van der Waals surface area contributed by atoms with Crippen LogP contribution in [-0.2, 0) is 6.54 Å². The summed E-state index contributed by atoms with van der Waals surface area (Å²) in [5.41, 5.74) is 1.72. The van der Waals surface area contributed by atoms with E-state index in [9.17, 15) is 4.39 Å². The first-order valence-corrected chi connectivity index (χ1v) is 6.84. The van der Waals surface area contributed by atoms with Gasteiger partial charge in [0.1, 0.15) is 12.1 Å². The Morgan fingerprint density at radius 3 is 2.90 bits per heavy atom. The topological polar surface area (TPSA) is 41.3 Å². The molecule has 20 heavy (non-hydrogen) atoms. The number of halogens is 1. The van der Waals surface area contributed by atoms with Gasteiger partial charge in [0.15, 0.2) is 0 Å². The van der Waals surface area contributed by atoms with Crippen LogP contribution in [0.4, 0.5) is 4.39 Å². The first kappa shape index (κ1) is 13.3. The van der Waals surface area contributed by atoms with Crippen molar-refractivity contribution in [2.75, 3.05) is 20.1 Å². The first-order chi connectivity index (χ1) is 9.74. The number of aromatic nitrogens is 1. The van der Waals surface area contributed by atoms with Crippen LogP contribution in [-0.4, -0.2) is 36.1 Å². The van der Waals surface area contributed by atoms with Crippen LogP contribution in [0.25, 0.3) is 11.5 Å². The highest BCUT2D eigenvalue weighted by molar-refractivity contribution is 5.52. The SMILES string of the molecule is CNC1CCN(Cc2coc(-c3ccc(F)cc3)n2)C1. The maximum Gasteiger partial charge on any atom is 0.226 e. The van der Waals surface area contributed by atoms with E-state index in [4.69, 9.17) is 4.42 Å². The van der Waals surface area contributed by atoms with E-state index in [1.807, 2.05) is 7.05 Å². The van der Waals surface area contributed by atoms with E-state index in [2.05, 4.69) is 15.2 Å². The Morgan fingerprint density at radius 1 is 1.40 bits per heavy atom. The molecule has 0 radical (unpaired) electrons. The third-order valence-corrected chi connectivity index (χ3v) is 3.71. The second kappa shape index (κ2) is 5.73. The van der Waals surface area contributed by atoms with Crippen molar-refractivity contribution < 1.29 is 8.81 Å². The van der Waals surface area contributed by atoms with Crippen LogP contribution in [0.1, 0.15) is 12.1 Å². The number of hydrogen-bond acceptors (Lipinski definition) is 4. The van der Waals surface area contributed by atoms with Crippen molar-refractivity contribution in [3.63, 3.8) is 0 Å². The van der Waals surface area contributed by atoms with E-state index in [1.165, 1.54) is 18.6 Å². The average molecular weight is 275 g/mol. The monoisotopic (exact) mass is 275 g/mol. The molecule has 1 unspecified atom stereocenters. The summed E-state index contributed by atoms with van der Waals surface area (Å²) in [7, 11) is 2.00. The number of hydrogen-bond donors (Lipinski definition) is 1. The van der Waals surface area contributed by atoms with Gasteiger partial charge in [0, 0.05) is 31.2 Å². The molecule has 0 bridgehead atoms. The van der Waals surface area contributed by atoms with Gasteiger partial charge in [-0.3, -0.25) is 4.90 Å². The maximum atomic E-state index is 12.9. The lowest BCUT2D eigenvalue weighted by Gasteiger charge is -2.13. The molecule has 1 atom stereocenters. The van der Waals surface area contributed by atoms with E-state index in [0.717, 1.165) is 30.9 Å². The lowest BCUT2D eigenvalue weighted by atomic mass is 10.2. The molecule has 1 aromatic carbocycles. The van der Waals surface area contributed by atoms with E-state index in [-0.39, 0.29) is 5.82 Å². The van der Waals surface area contributed by atoms with E-state index < -0.39 is 0 Å². The molecule has 0 saturated carbocycles. The van der Waals surface area contributed by atoms with Crippen LogP contribution in [0.5, 0.6) is 0 Å². The number of rotatable bonds is 4. The number of benzene rings is 1.